The van der Waals surface area contributed by atoms with Crippen molar-refractivity contribution in [3.63, 3.8) is 0 Å². The predicted octanol–water partition coefficient (Wildman–Crippen LogP) is 2.64. The fourth-order valence-electron chi connectivity index (χ4n) is 3.73. The van der Waals surface area contributed by atoms with Crippen LogP contribution in [0.15, 0.2) is 24.3 Å². The molecule has 1 aromatic carbocycles. The molecule has 23 heavy (non-hydrogen) atoms. The highest BCUT2D eigenvalue weighted by Gasteiger charge is 2.49. The molecule has 1 N–H and O–H groups in total. The van der Waals surface area contributed by atoms with E-state index in [1.165, 1.54) is 12.0 Å². The smallest absolute Gasteiger partial charge is 0.407 e. The van der Waals surface area contributed by atoms with Crippen molar-refractivity contribution < 1.29 is 24.2 Å². The second kappa shape index (κ2) is 5.68. The molecule has 6 heteroatoms. The van der Waals surface area contributed by atoms with Crippen LogP contribution in [0, 0.1) is 5.41 Å². The van der Waals surface area contributed by atoms with Gasteiger partial charge in [-0.05, 0) is 36.0 Å². The Balaban J connectivity index is 1.85. The lowest BCUT2D eigenvalue weighted by Gasteiger charge is -2.50. The minimum Gasteiger partial charge on any atom is -0.465 e. The number of likely N-dealkylation sites (tertiary alicyclic amines) is 1. The number of Topliss-reactive ketones (excluding diaryl/α,β-unsaturated/α-hetero) is 1. The number of carbonyl (C=O) groups is 3. The Morgan fingerprint density at radius 3 is 2.43 bits per heavy atom. The molecule has 1 heterocycles. The van der Waals surface area contributed by atoms with Gasteiger partial charge in [-0.25, -0.2) is 9.59 Å². The van der Waals surface area contributed by atoms with Crippen molar-refractivity contribution in [2.75, 3.05) is 13.7 Å². The molecular weight excluding hydrogens is 298 g/mol. The topological polar surface area (TPSA) is 83.9 Å². The van der Waals surface area contributed by atoms with E-state index in [0.717, 1.165) is 12.0 Å². The monoisotopic (exact) mass is 317 g/mol. The van der Waals surface area contributed by atoms with Crippen LogP contribution in [0.5, 0.6) is 0 Å². The molecule has 122 valence electrons. The van der Waals surface area contributed by atoms with Crippen LogP contribution < -0.4 is 0 Å². The number of hydrogen-bond donors (Lipinski definition) is 1. The van der Waals surface area contributed by atoms with Gasteiger partial charge < -0.3 is 14.7 Å². The number of rotatable bonds is 2. The van der Waals surface area contributed by atoms with Crippen LogP contribution in [-0.4, -0.2) is 41.5 Å². The van der Waals surface area contributed by atoms with Gasteiger partial charge in [0.15, 0.2) is 0 Å². The number of amides is 1. The van der Waals surface area contributed by atoms with Gasteiger partial charge in [-0.15, -0.1) is 0 Å². The third-order valence-electron chi connectivity index (χ3n) is 4.99. The fraction of sp³-hybridized carbons (Fsp3) is 0.471. The van der Waals surface area contributed by atoms with E-state index in [1.54, 1.807) is 24.3 Å². The number of carbonyl (C=O) groups excluding carboxylic acids is 2. The van der Waals surface area contributed by atoms with Crippen molar-refractivity contribution in [1.82, 2.24) is 4.90 Å². The molecule has 0 bridgehead atoms. The Morgan fingerprint density at radius 2 is 1.91 bits per heavy atom. The summed E-state index contributed by atoms with van der Waals surface area (Å²) in [6, 6.07) is 6.56. The number of benzene rings is 1. The first-order valence-electron chi connectivity index (χ1n) is 7.64. The van der Waals surface area contributed by atoms with E-state index in [-0.39, 0.29) is 17.2 Å². The van der Waals surface area contributed by atoms with Gasteiger partial charge in [0.1, 0.15) is 5.78 Å². The highest BCUT2D eigenvalue weighted by atomic mass is 16.5. The molecule has 2 aliphatic rings. The fourth-order valence-corrected chi connectivity index (χ4v) is 3.73. The standard InChI is InChI=1S/C17H19NO5/c1-23-15(20)12-4-2-11(3-5-12)14-10-17(8-13(19)9-17)6-7-18(14)16(21)22/h2-5,14H,6-10H2,1H3,(H,21,22)/t14-/m0/s1. The minimum absolute atomic E-state index is 0.0469. The molecule has 0 aromatic heterocycles. The summed E-state index contributed by atoms with van der Waals surface area (Å²) in [5.74, 6) is -0.162. The zero-order chi connectivity index (χ0) is 16.6. The third kappa shape index (κ3) is 2.81. The van der Waals surface area contributed by atoms with Crippen LogP contribution in [0.25, 0.3) is 0 Å². The summed E-state index contributed by atoms with van der Waals surface area (Å²) in [6.45, 7) is 0.437. The second-order valence-corrected chi connectivity index (χ2v) is 6.45. The summed E-state index contributed by atoms with van der Waals surface area (Å²) in [6.07, 6.45) is 1.55. The molecule has 1 saturated heterocycles. The molecule has 1 aromatic rings. The van der Waals surface area contributed by atoms with Crippen molar-refractivity contribution in [1.29, 1.82) is 0 Å². The third-order valence-corrected chi connectivity index (χ3v) is 4.99. The van der Waals surface area contributed by atoms with Crippen molar-refractivity contribution in [3.8, 4) is 0 Å². The first-order chi connectivity index (χ1) is 10.9. The first kappa shape index (κ1) is 15.5. The summed E-state index contributed by atoms with van der Waals surface area (Å²) in [5.41, 5.74) is 1.23. The summed E-state index contributed by atoms with van der Waals surface area (Å²) in [5, 5.41) is 9.45. The number of esters is 1. The zero-order valence-electron chi connectivity index (χ0n) is 12.9. The highest BCUT2D eigenvalue weighted by Crippen LogP contribution is 2.52. The van der Waals surface area contributed by atoms with E-state index in [0.29, 0.717) is 31.4 Å². The van der Waals surface area contributed by atoms with Crippen molar-refractivity contribution in [2.45, 2.75) is 31.7 Å². The maximum Gasteiger partial charge on any atom is 0.407 e. The quantitative estimate of drug-likeness (QED) is 0.848. The molecule has 2 fully saturated rings. The van der Waals surface area contributed by atoms with Crippen molar-refractivity contribution >= 4 is 17.8 Å². The average molecular weight is 317 g/mol. The summed E-state index contributed by atoms with van der Waals surface area (Å²) in [4.78, 5) is 35.9. The lowest BCUT2D eigenvalue weighted by molar-refractivity contribution is -0.136. The maximum absolute atomic E-state index is 11.5. The van der Waals surface area contributed by atoms with Gasteiger partial charge in [0, 0.05) is 19.4 Å². The van der Waals surface area contributed by atoms with Crippen molar-refractivity contribution in [3.05, 3.63) is 35.4 Å². The molecule has 1 aliphatic heterocycles. The van der Waals surface area contributed by atoms with Crippen LogP contribution in [0.4, 0.5) is 4.79 Å². The molecule has 3 rings (SSSR count). The summed E-state index contributed by atoms with van der Waals surface area (Å²) < 4.78 is 4.67. The normalized spacial score (nSPS) is 22.6. The Morgan fingerprint density at radius 1 is 1.26 bits per heavy atom. The van der Waals surface area contributed by atoms with E-state index >= 15 is 0 Å². The summed E-state index contributed by atoms with van der Waals surface area (Å²) in [7, 11) is 1.32. The number of ketones is 1. The van der Waals surface area contributed by atoms with Crippen LogP contribution in [0.1, 0.15) is 47.6 Å². The Labute approximate surface area is 134 Å². The number of methoxy groups -OCH3 is 1. The Bertz CT molecular complexity index is 643. The minimum atomic E-state index is -0.951. The molecule has 1 amide bonds. The van der Waals surface area contributed by atoms with Crippen LogP contribution in [0.2, 0.25) is 0 Å². The maximum atomic E-state index is 11.5. The molecule has 1 atom stereocenters. The van der Waals surface area contributed by atoms with E-state index in [4.69, 9.17) is 0 Å². The van der Waals surface area contributed by atoms with Gasteiger partial charge in [0.2, 0.25) is 0 Å². The van der Waals surface area contributed by atoms with Crippen LogP contribution in [0.3, 0.4) is 0 Å². The van der Waals surface area contributed by atoms with E-state index < -0.39 is 12.1 Å². The largest absolute Gasteiger partial charge is 0.465 e. The molecular formula is C17H19NO5. The van der Waals surface area contributed by atoms with E-state index in [2.05, 4.69) is 4.74 Å². The lowest BCUT2D eigenvalue weighted by Crippen LogP contribution is -2.50. The number of nitrogens with zero attached hydrogens (tertiary/aromatic N) is 1. The van der Waals surface area contributed by atoms with E-state index in [1.807, 2.05) is 0 Å². The van der Waals surface area contributed by atoms with Crippen LogP contribution in [-0.2, 0) is 9.53 Å². The van der Waals surface area contributed by atoms with Gasteiger partial charge in [-0.3, -0.25) is 4.79 Å². The average Bonchev–Trinajstić information content (AvgIpc) is 2.52. The van der Waals surface area contributed by atoms with Gasteiger partial charge in [0.25, 0.3) is 0 Å². The Hall–Kier alpha value is -2.37. The number of carboxylic acid groups (broad SMARTS) is 1. The number of ether oxygens (including phenoxy) is 1. The Kier molecular flexibility index (Phi) is 3.83. The molecule has 1 spiro atoms. The van der Waals surface area contributed by atoms with Gasteiger partial charge in [-0.1, -0.05) is 12.1 Å². The van der Waals surface area contributed by atoms with Gasteiger partial charge >= 0.3 is 12.1 Å². The van der Waals surface area contributed by atoms with Crippen LogP contribution >= 0.6 is 0 Å². The first-order valence-corrected chi connectivity index (χ1v) is 7.64. The SMILES string of the molecule is COC(=O)c1ccc([C@@H]2CC3(CCN2C(=O)O)CC(=O)C3)cc1. The molecule has 0 unspecified atom stereocenters. The predicted molar refractivity (Wildman–Crippen MR) is 81.2 cm³/mol. The lowest BCUT2D eigenvalue weighted by atomic mass is 9.60. The number of hydrogen-bond acceptors (Lipinski definition) is 4. The molecule has 6 nitrogen and oxygen atoms in total. The highest BCUT2D eigenvalue weighted by molar-refractivity contribution is 5.89. The van der Waals surface area contributed by atoms with Gasteiger partial charge in [-0.2, -0.15) is 0 Å². The van der Waals surface area contributed by atoms with E-state index in [9.17, 15) is 19.5 Å². The second-order valence-electron chi connectivity index (χ2n) is 6.45. The summed E-state index contributed by atoms with van der Waals surface area (Å²) >= 11 is 0. The zero-order valence-corrected chi connectivity index (χ0v) is 12.9. The van der Waals surface area contributed by atoms with Gasteiger partial charge in [0.05, 0.1) is 18.7 Å². The van der Waals surface area contributed by atoms with Crippen molar-refractivity contribution in [2.24, 2.45) is 5.41 Å². The molecule has 1 aliphatic carbocycles. The molecule has 0 radical (unpaired) electrons. The number of piperidine rings is 1. The molecule has 1 saturated carbocycles.